The minimum Gasteiger partial charge on any atom is -0.457 e. The van der Waals surface area contributed by atoms with E-state index >= 15 is 0 Å². The van der Waals surface area contributed by atoms with Gasteiger partial charge < -0.3 is 9.47 Å². The molecular formula is C23H19ClF3NO3. The third kappa shape index (κ3) is 5.20. The maximum atomic E-state index is 12.7. The molecule has 2 aromatic carbocycles. The summed E-state index contributed by atoms with van der Waals surface area (Å²) in [6, 6.07) is 17.4. The molecule has 0 heterocycles. The number of nitriles is 1. The number of esters is 1. The molecule has 0 aromatic heterocycles. The molecule has 1 saturated carbocycles. The van der Waals surface area contributed by atoms with E-state index in [-0.39, 0.29) is 0 Å². The quantitative estimate of drug-likeness (QED) is 0.469. The fourth-order valence-corrected chi connectivity index (χ4v) is 3.55. The summed E-state index contributed by atoms with van der Waals surface area (Å²) in [5.74, 6) is -1.27. The van der Waals surface area contributed by atoms with Crippen LogP contribution in [0.3, 0.4) is 0 Å². The van der Waals surface area contributed by atoms with Crippen molar-refractivity contribution in [2.75, 3.05) is 0 Å². The van der Waals surface area contributed by atoms with Crippen LogP contribution < -0.4 is 4.74 Å². The number of allylic oxidation sites excluding steroid dienone is 2. The second-order valence-electron chi connectivity index (χ2n) is 7.77. The Hall–Kier alpha value is -2.98. The molecule has 0 saturated heterocycles. The highest BCUT2D eigenvalue weighted by molar-refractivity contribution is 6.30. The molecule has 0 unspecified atom stereocenters. The molecule has 0 aliphatic heterocycles. The SMILES string of the molecule is CC1(C)[C@@H](/C=C(\Cl)C(F)(F)F)[C@@H]1C(=O)O[C@H](C#N)c1cccc(Oc2ccccc2)c1. The van der Waals surface area contributed by atoms with Gasteiger partial charge in [-0.1, -0.05) is 61.9 Å². The Kier molecular flexibility index (Phi) is 6.33. The van der Waals surface area contributed by atoms with Gasteiger partial charge in [-0.05, 0) is 35.6 Å². The number of ether oxygens (including phenoxy) is 2. The summed E-state index contributed by atoms with van der Waals surface area (Å²) in [5.41, 5.74) is -0.371. The Morgan fingerprint density at radius 3 is 2.42 bits per heavy atom. The zero-order valence-electron chi connectivity index (χ0n) is 16.7. The van der Waals surface area contributed by atoms with Crippen molar-refractivity contribution < 1.29 is 27.4 Å². The molecule has 162 valence electrons. The van der Waals surface area contributed by atoms with Gasteiger partial charge in [-0.25, -0.2) is 0 Å². The van der Waals surface area contributed by atoms with Crippen LogP contribution in [0.25, 0.3) is 0 Å². The second-order valence-corrected chi connectivity index (χ2v) is 8.18. The molecule has 1 fully saturated rings. The molecule has 0 N–H and O–H groups in total. The first-order chi connectivity index (χ1) is 14.5. The Morgan fingerprint density at radius 1 is 1.16 bits per heavy atom. The highest BCUT2D eigenvalue weighted by atomic mass is 35.5. The number of nitrogens with zero attached hydrogens (tertiary/aromatic N) is 1. The number of carbonyl (C=O) groups excluding carboxylic acids is 1. The lowest BCUT2D eigenvalue weighted by atomic mass is 10.1. The predicted octanol–water partition coefficient (Wildman–Crippen LogP) is 6.54. The average molecular weight is 450 g/mol. The first kappa shape index (κ1) is 22.7. The minimum absolute atomic E-state index is 0.392. The van der Waals surface area contributed by atoms with Gasteiger partial charge in [-0.2, -0.15) is 18.4 Å². The van der Waals surface area contributed by atoms with Crippen LogP contribution in [0, 0.1) is 28.6 Å². The van der Waals surface area contributed by atoms with E-state index < -0.39 is 40.5 Å². The predicted molar refractivity (Wildman–Crippen MR) is 108 cm³/mol. The lowest BCUT2D eigenvalue weighted by molar-refractivity contribution is -0.149. The zero-order chi connectivity index (χ0) is 22.8. The largest absolute Gasteiger partial charge is 0.457 e. The van der Waals surface area contributed by atoms with Crippen LogP contribution >= 0.6 is 11.6 Å². The van der Waals surface area contributed by atoms with Crippen molar-refractivity contribution in [3.05, 3.63) is 71.3 Å². The Bertz CT molecular complexity index is 1030. The van der Waals surface area contributed by atoms with Gasteiger partial charge in [0.25, 0.3) is 0 Å². The molecule has 0 radical (unpaired) electrons. The van der Waals surface area contributed by atoms with Crippen molar-refractivity contribution in [1.82, 2.24) is 0 Å². The number of halogens is 4. The molecule has 1 aliphatic rings. The lowest BCUT2D eigenvalue weighted by Gasteiger charge is -2.13. The summed E-state index contributed by atoms with van der Waals surface area (Å²) in [5, 5.41) is 8.23. The maximum absolute atomic E-state index is 12.7. The molecule has 0 spiro atoms. The van der Waals surface area contributed by atoms with Gasteiger partial charge in [0.1, 0.15) is 22.6 Å². The van der Waals surface area contributed by atoms with Gasteiger partial charge in [0.15, 0.2) is 0 Å². The van der Waals surface area contributed by atoms with Crippen LogP contribution in [-0.2, 0) is 9.53 Å². The third-order valence-corrected chi connectivity index (χ3v) is 5.59. The fraction of sp³-hybridized carbons (Fsp3) is 0.304. The summed E-state index contributed by atoms with van der Waals surface area (Å²) in [7, 11) is 0. The van der Waals surface area contributed by atoms with E-state index in [9.17, 15) is 23.2 Å². The minimum atomic E-state index is -4.68. The van der Waals surface area contributed by atoms with Gasteiger partial charge in [0.05, 0.1) is 5.92 Å². The highest BCUT2D eigenvalue weighted by Gasteiger charge is 2.62. The van der Waals surface area contributed by atoms with Crippen LogP contribution in [0.1, 0.15) is 25.5 Å². The third-order valence-electron chi connectivity index (χ3n) is 5.25. The average Bonchev–Trinajstić information content (AvgIpc) is 3.26. The van der Waals surface area contributed by atoms with Crippen LogP contribution in [0.5, 0.6) is 11.5 Å². The summed E-state index contributed by atoms with van der Waals surface area (Å²) in [4.78, 5) is 12.6. The molecule has 4 nitrogen and oxygen atoms in total. The molecule has 31 heavy (non-hydrogen) atoms. The molecule has 2 aromatic rings. The summed E-state index contributed by atoms with van der Waals surface area (Å²) >= 11 is 5.32. The summed E-state index contributed by atoms with van der Waals surface area (Å²) < 4.78 is 49.2. The summed E-state index contributed by atoms with van der Waals surface area (Å²) in [6.07, 6.45) is -5.07. The molecule has 8 heteroatoms. The number of carbonyl (C=O) groups is 1. The first-order valence-corrected chi connectivity index (χ1v) is 9.79. The van der Waals surface area contributed by atoms with Crippen molar-refractivity contribution in [2.24, 2.45) is 17.3 Å². The van der Waals surface area contributed by atoms with Gasteiger partial charge in [-0.15, -0.1) is 0 Å². The maximum Gasteiger partial charge on any atom is 0.426 e. The number of hydrogen-bond donors (Lipinski definition) is 0. The van der Waals surface area contributed by atoms with Crippen molar-refractivity contribution in [3.63, 3.8) is 0 Å². The van der Waals surface area contributed by atoms with E-state index in [0.29, 0.717) is 17.1 Å². The van der Waals surface area contributed by atoms with Crippen molar-refractivity contribution in [3.8, 4) is 17.6 Å². The number of benzene rings is 2. The van der Waals surface area contributed by atoms with E-state index in [2.05, 4.69) is 0 Å². The molecule has 1 aliphatic carbocycles. The van der Waals surface area contributed by atoms with Crippen molar-refractivity contribution in [2.45, 2.75) is 26.1 Å². The second kappa shape index (κ2) is 8.64. The van der Waals surface area contributed by atoms with Crippen molar-refractivity contribution in [1.29, 1.82) is 5.26 Å². The fourth-order valence-electron chi connectivity index (χ4n) is 3.42. The van der Waals surface area contributed by atoms with E-state index in [1.54, 1.807) is 50.2 Å². The first-order valence-electron chi connectivity index (χ1n) is 9.41. The highest BCUT2D eigenvalue weighted by Crippen LogP contribution is 2.60. The molecular weight excluding hydrogens is 431 g/mol. The lowest BCUT2D eigenvalue weighted by Crippen LogP contribution is -2.14. The topological polar surface area (TPSA) is 59.3 Å². The van der Waals surface area contributed by atoms with Crippen molar-refractivity contribution >= 4 is 17.6 Å². The van der Waals surface area contributed by atoms with E-state index in [4.69, 9.17) is 21.1 Å². The number of rotatable bonds is 6. The Morgan fingerprint density at radius 2 is 1.81 bits per heavy atom. The normalized spacial score (nSPS) is 21.0. The van der Waals surface area contributed by atoms with Gasteiger partial charge in [0, 0.05) is 5.56 Å². The molecule has 3 atom stereocenters. The van der Waals surface area contributed by atoms with E-state index in [1.807, 2.05) is 24.3 Å². The van der Waals surface area contributed by atoms with E-state index in [1.165, 1.54) is 0 Å². The Labute approximate surface area is 182 Å². The van der Waals surface area contributed by atoms with Crippen LogP contribution in [0.4, 0.5) is 13.2 Å². The zero-order valence-corrected chi connectivity index (χ0v) is 17.4. The van der Waals surface area contributed by atoms with E-state index in [0.717, 1.165) is 6.08 Å². The van der Waals surface area contributed by atoms with Crippen LogP contribution in [0.2, 0.25) is 0 Å². The Balaban J connectivity index is 1.72. The molecule has 0 bridgehead atoms. The van der Waals surface area contributed by atoms with Gasteiger partial charge >= 0.3 is 12.1 Å². The van der Waals surface area contributed by atoms with Gasteiger partial charge in [-0.3, -0.25) is 4.79 Å². The van der Waals surface area contributed by atoms with Gasteiger partial charge in [0.2, 0.25) is 6.10 Å². The number of alkyl halides is 3. The smallest absolute Gasteiger partial charge is 0.426 e. The molecule has 3 rings (SSSR count). The van der Waals surface area contributed by atoms with Crippen LogP contribution in [-0.4, -0.2) is 12.1 Å². The standard InChI is InChI=1S/C23H19ClF3NO3/c1-22(2)17(12-19(24)23(25,26)27)20(22)21(29)31-18(13-28)14-7-6-10-16(11-14)30-15-8-4-3-5-9-15/h3-12,17-18,20H,1-2H3/b19-12-/t17-,18+,20+/m0/s1. The monoisotopic (exact) mass is 449 g/mol. The van der Waals surface area contributed by atoms with Crippen LogP contribution in [0.15, 0.2) is 65.7 Å². The molecule has 0 amide bonds. The summed E-state index contributed by atoms with van der Waals surface area (Å²) in [6.45, 7) is 3.30. The number of hydrogen-bond acceptors (Lipinski definition) is 4. The number of para-hydroxylation sites is 1.